The predicted octanol–water partition coefficient (Wildman–Crippen LogP) is 5.33. The summed E-state index contributed by atoms with van der Waals surface area (Å²) in [7, 11) is -3.74. The second kappa shape index (κ2) is 19.5. The Labute approximate surface area is 380 Å². The van der Waals surface area contributed by atoms with Crippen LogP contribution in [0.2, 0.25) is 5.02 Å². The number of sulfonamides is 1. The lowest BCUT2D eigenvalue weighted by atomic mass is 10.0. The molecule has 3 aromatic carbocycles. The summed E-state index contributed by atoms with van der Waals surface area (Å²) in [5.74, 6) is -2.94. The first-order chi connectivity index (χ1) is 30.9. The number of rotatable bonds is 16. The van der Waals surface area contributed by atoms with E-state index in [0.29, 0.717) is 80.7 Å². The molecule has 0 radical (unpaired) electrons. The molecule has 1 atom stereocenters. The van der Waals surface area contributed by atoms with Crippen LogP contribution in [0.25, 0.3) is 0 Å². The number of benzene rings is 3. The summed E-state index contributed by atoms with van der Waals surface area (Å²) in [5.41, 5.74) is 2.44. The van der Waals surface area contributed by atoms with Crippen LogP contribution in [0.3, 0.4) is 0 Å². The standard InChI is InChI=1S/C44H50ClFN10O8S/c1-25-24-48-43(53-38(25)49-28-9-11-31(45)34(23-28)54-65(62,63)44(2,3)4)51-27-8-10-29(32(46)22-27)39(58)50-26-14-17-55(18-15-26)19-21-64-20-16-47-33-7-5-6-30-37(33)42(61)56(41(30)60)35-12-13-36(57)52-40(35)59/h5-11,22-24,26,35,47,54H,12-21H2,1-4H3,(H,50,58)(H,52,57,59)(H2,48,49,51,53). The number of imide groups is 2. The van der Waals surface area contributed by atoms with Crippen LogP contribution in [-0.4, -0.2) is 114 Å². The molecule has 4 heterocycles. The number of amides is 5. The van der Waals surface area contributed by atoms with E-state index < -0.39 is 56.2 Å². The maximum absolute atomic E-state index is 15.3. The van der Waals surface area contributed by atoms with Crippen molar-refractivity contribution < 1.29 is 41.5 Å². The zero-order chi connectivity index (χ0) is 46.6. The molecule has 4 aromatic rings. The van der Waals surface area contributed by atoms with Gasteiger partial charge < -0.3 is 30.9 Å². The van der Waals surface area contributed by atoms with Crippen molar-refractivity contribution in [3.63, 3.8) is 0 Å². The van der Waals surface area contributed by atoms with Crippen LogP contribution >= 0.6 is 11.6 Å². The largest absolute Gasteiger partial charge is 0.382 e. The third-order valence-electron chi connectivity index (χ3n) is 11.2. The predicted molar refractivity (Wildman–Crippen MR) is 243 cm³/mol. The molecule has 18 nitrogen and oxygen atoms in total. The fourth-order valence-electron chi connectivity index (χ4n) is 7.43. The quantitative estimate of drug-likeness (QED) is 0.0616. The molecule has 0 aliphatic carbocycles. The number of fused-ring (bicyclic) bond motifs is 1. The molecule has 6 N–H and O–H groups in total. The molecule has 0 saturated carbocycles. The number of halogens is 2. The summed E-state index contributed by atoms with van der Waals surface area (Å²) < 4.78 is 48.2. The van der Waals surface area contributed by atoms with Gasteiger partial charge in [0.2, 0.25) is 27.8 Å². The van der Waals surface area contributed by atoms with Crippen molar-refractivity contribution in [1.29, 1.82) is 0 Å². The van der Waals surface area contributed by atoms with E-state index in [9.17, 15) is 32.4 Å². The molecule has 3 aliphatic rings. The lowest BCUT2D eigenvalue weighted by Gasteiger charge is -2.32. The molecule has 7 rings (SSSR count). The van der Waals surface area contributed by atoms with Gasteiger partial charge in [0.15, 0.2) is 0 Å². The highest BCUT2D eigenvalue weighted by atomic mass is 35.5. The van der Waals surface area contributed by atoms with Crippen LogP contribution in [0.1, 0.15) is 83.1 Å². The fraction of sp³-hybridized carbons (Fsp3) is 0.386. The summed E-state index contributed by atoms with van der Waals surface area (Å²) in [6, 6.07) is 12.6. The molecule has 65 heavy (non-hydrogen) atoms. The topological polar surface area (TPSA) is 233 Å². The maximum Gasteiger partial charge on any atom is 0.264 e. The van der Waals surface area contributed by atoms with Crippen LogP contribution in [-0.2, 0) is 24.3 Å². The minimum atomic E-state index is -3.74. The van der Waals surface area contributed by atoms with Gasteiger partial charge in [0.05, 0.1) is 45.4 Å². The molecular formula is C44H50ClFN10O8S. The number of aryl methyl sites for hydroxylation is 1. The minimum absolute atomic E-state index is 0.0415. The van der Waals surface area contributed by atoms with Gasteiger partial charge in [0, 0.05) is 67.5 Å². The Balaban J connectivity index is 0.833. The highest BCUT2D eigenvalue weighted by Gasteiger charge is 2.45. The highest BCUT2D eigenvalue weighted by Crippen LogP contribution is 2.33. The number of hydrogen-bond acceptors (Lipinski definition) is 14. The average molecular weight is 933 g/mol. The number of carbonyl (C=O) groups excluding carboxylic acids is 5. The summed E-state index contributed by atoms with van der Waals surface area (Å²) in [6.45, 7) is 9.71. The van der Waals surface area contributed by atoms with Gasteiger partial charge in [-0.25, -0.2) is 17.8 Å². The van der Waals surface area contributed by atoms with E-state index in [1.54, 1.807) is 76.4 Å². The van der Waals surface area contributed by atoms with E-state index >= 15 is 4.39 Å². The molecule has 2 saturated heterocycles. The first kappa shape index (κ1) is 46.8. The number of nitrogens with zero attached hydrogens (tertiary/aromatic N) is 4. The molecule has 0 spiro atoms. The van der Waals surface area contributed by atoms with Crippen LogP contribution in [0, 0.1) is 12.7 Å². The molecular weight excluding hydrogens is 883 g/mol. The first-order valence-electron chi connectivity index (χ1n) is 21.1. The summed E-state index contributed by atoms with van der Waals surface area (Å²) >= 11 is 6.30. The number of carbonyl (C=O) groups is 5. The van der Waals surface area contributed by atoms with E-state index in [2.05, 4.69) is 46.2 Å². The molecule has 2 fully saturated rings. The Morgan fingerprint density at radius 1 is 0.954 bits per heavy atom. The second-order valence-corrected chi connectivity index (χ2v) is 19.7. The molecule has 1 unspecified atom stereocenters. The zero-order valence-corrected chi connectivity index (χ0v) is 37.8. The fourth-order valence-corrected chi connectivity index (χ4v) is 8.42. The van der Waals surface area contributed by atoms with Gasteiger partial charge in [0.1, 0.15) is 17.7 Å². The number of aromatic nitrogens is 2. The average Bonchev–Trinajstić information content (AvgIpc) is 3.50. The van der Waals surface area contributed by atoms with Gasteiger partial charge in [-0.2, -0.15) is 4.98 Å². The number of nitrogens with one attached hydrogen (secondary N) is 6. The van der Waals surface area contributed by atoms with E-state index in [4.69, 9.17) is 16.3 Å². The zero-order valence-electron chi connectivity index (χ0n) is 36.2. The third kappa shape index (κ3) is 10.8. The summed E-state index contributed by atoms with van der Waals surface area (Å²) in [4.78, 5) is 75.5. The Hall–Kier alpha value is -6.22. The molecule has 344 valence electrons. The highest BCUT2D eigenvalue weighted by molar-refractivity contribution is 7.94. The van der Waals surface area contributed by atoms with Gasteiger partial charge in [0.25, 0.3) is 17.7 Å². The van der Waals surface area contributed by atoms with E-state index in [0.717, 1.165) is 4.90 Å². The maximum atomic E-state index is 15.3. The lowest BCUT2D eigenvalue weighted by molar-refractivity contribution is -0.136. The Kier molecular flexibility index (Phi) is 14.0. The molecule has 5 amide bonds. The van der Waals surface area contributed by atoms with Crippen molar-refractivity contribution in [2.24, 2.45) is 0 Å². The number of likely N-dealkylation sites (tertiary alicyclic amines) is 1. The van der Waals surface area contributed by atoms with Gasteiger partial charge >= 0.3 is 0 Å². The Morgan fingerprint density at radius 3 is 2.42 bits per heavy atom. The normalized spacial score (nSPS) is 17.1. The van der Waals surface area contributed by atoms with E-state index in [1.165, 1.54) is 12.1 Å². The molecule has 3 aliphatic heterocycles. The van der Waals surface area contributed by atoms with Crippen LogP contribution < -0.4 is 31.3 Å². The lowest BCUT2D eigenvalue weighted by Crippen LogP contribution is -2.54. The minimum Gasteiger partial charge on any atom is -0.382 e. The molecule has 21 heteroatoms. The van der Waals surface area contributed by atoms with E-state index in [1.807, 2.05) is 0 Å². The number of ether oxygens (including phenoxy) is 1. The first-order valence-corrected chi connectivity index (χ1v) is 22.9. The molecule has 0 bridgehead atoms. The molecule has 1 aromatic heterocycles. The SMILES string of the molecule is Cc1cnc(Nc2ccc(C(=O)NC3CCN(CCOCCNc4cccc5c4C(=O)N(C4CCC(=O)NC4=O)C5=O)CC3)c(F)c2)nc1Nc1ccc(Cl)c(NS(=O)(=O)C(C)(C)C)c1. The van der Waals surface area contributed by atoms with Crippen molar-refractivity contribution in [2.75, 3.05) is 60.1 Å². The van der Waals surface area contributed by atoms with E-state index in [-0.39, 0.29) is 52.2 Å². The van der Waals surface area contributed by atoms with Crippen molar-refractivity contribution in [3.8, 4) is 0 Å². The summed E-state index contributed by atoms with van der Waals surface area (Å²) in [6.07, 6.45) is 3.03. The number of anilines is 6. The van der Waals surface area contributed by atoms with Crippen LogP contribution in [0.4, 0.5) is 38.9 Å². The monoisotopic (exact) mass is 932 g/mol. The van der Waals surface area contributed by atoms with Crippen LogP contribution in [0.15, 0.2) is 60.8 Å². The third-order valence-corrected chi connectivity index (χ3v) is 13.7. The van der Waals surface area contributed by atoms with Crippen molar-refractivity contribution in [2.45, 2.75) is 70.2 Å². The number of hydrogen-bond donors (Lipinski definition) is 6. The van der Waals surface area contributed by atoms with Gasteiger partial charge in [-0.1, -0.05) is 17.7 Å². The summed E-state index contributed by atoms with van der Waals surface area (Å²) in [5, 5.41) is 14.7. The Morgan fingerprint density at radius 2 is 1.69 bits per heavy atom. The van der Waals surface area contributed by atoms with Crippen LogP contribution in [0.5, 0.6) is 0 Å². The van der Waals surface area contributed by atoms with Gasteiger partial charge in [-0.15, -0.1) is 0 Å². The Bertz CT molecular complexity index is 2640. The number of piperidine rings is 2. The second-order valence-electron chi connectivity index (χ2n) is 16.9. The smallest absolute Gasteiger partial charge is 0.264 e. The van der Waals surface area contributed by atoms with Gasteiger partial charge in [-0.3, -0.25) is 38.9 Å². The van der Waals surface area contributed by atoms with Crippen molar-refractivity contribution in [3.05, 3.63) is 93.9 Å². The van der Waals surface area contributed by atoms with Crippen molar-refractivity contribution in [1.82, 2.24) is 30.4 Å². The van der Waals surface area contributed by atoms with Gasteiger partial charge in [-0.05, 0) is 95.5 Å². The van der Waals surface area contributed by atoms with Crippen molar-refractivity contribution >= 4 is 85.7 Å².